The zero-order valence-electron chi connectivity index (χ0n) is 18.6. The first kappa shape index (κ1) is 22.1. The van der Waals surface area contributed by atoms with Crippen molar-refractivity contribution in [2.24, 2.45) is 0 Å². The summed E-state index contributed by atoms with van der Waals surface area (Å²) in [7, 11) is 6.82. The molecule has 1 unspecified atom stereocenters. The number of nitrogens with zero attached hydrogens (tertiary/aromatic N) is 2. The van der Waals surface area contributed by atoms with Gasteiger partial charge in [-0.05, 0) is 42.7 Å². The highest BCUT2D eigenvalue weighted by molar-refractivity contribution is 6.32. The van der Waals surface area contributed by atoms with E-state index in [0.29, 0.717) is 16.8 Å². The minimum atomic E-state index is 0.221. The van der Waals surface area contributed by atoms with Crippen molar-refractivity contribution in [2.75, 3.05) is 53.0 Å². The average molecular weight is 447 g/mol. The maximum absolute atomic E-state index is 6.23. The first-order valence-electron chi connectivity index (χ1n) is 10.7. The number of anilines is 1. The fourth-order valence-corrected chi connectivity index (χ4v) is 5.13. The number of piperazine rings is 1. The molecule has 2 saturated heterocycles. The third-order valence-corrected chi connectivity index (χ3v) is 6.89. The summed E-state index contributed by atoms with van der Waals surface area (Å²) in [6.45, 7) is 2.86. The zero-order valence-corrected chi connectivity index (χ0v) is 19.4. The van der Waals surface area contributed by atoms with Crippen LogP contribution < -0.4 is 19.1 Å². The van der Waals surface area contributed by atoms with E-state index >= 15 is 0 Å². The van der Waals surface area contributed by atoms with Gasteiger partial charge in [-0.3, -0.25) is 4.90 Å². The first-order valence-corrected chi connectivity index (χ1v) is 11.0. The van der Waals surface area contributed by atoms with Crippen LogP contribution in [0.2, 0.25) is 5.02 Å². The van der Waals surface area contributed by atoms with E-state index in [1.807, 2.05) is 25.3 Å². The summed E-state index contributed by atoms with van der Waals surface area (Å²) in [6.07, 6.45) is 2.21. The Labute approximate surface area is 189 Å². The fourth-order valence-electron chi connectivity index (χ4n) is 4.93. The van der Waals surface area contributed by atoms with E-state index < -0.39 is 0 Å². The number of piperidine rings is 1. The molecule has 2 aliphatic rings. The average Bonchev–Trinajstić information content (AvgIpc) is 2.82. The van der Waals surface area contributed by atoms with Gasteiger partial charge in [0.2, 0.25) is 0 Å². The lowest BCUT2D eigenvalue weighted by atomic mass is 9.87. The maximum Gasteiger partial charge on any atom is 0.161 e. The monoisotopic (exact) mass is 446 g/mol. The summed E-state index contributed by atoms with van der Waals surface area (Å²) in [5, 5.41) is 0.635. The van der Waals surface area contributed by atoms with Crippen LogP contribution in [0.15, 0.2) is 36.4 Å². The van der Waals surface area contributed by atoms with E-state index in [0.717, 1.165) is 49.7 Å². The van der Waals surface area contributed by atoms with Crippen LogP contribution in [0.1, 0.15) is 24.4 Å². The van der Waals surface area contributed by atoms with Crippen molar-refractivity contribution in [1.29, 1.82) is 0 Å². The Morgan fingerprint density at radius 2 is 1.61 bits per heavy atom. The van der Waals surface area contributed by atoms with Crippen LogP contribution in [0.25, 0.3) is 0 Å². The quantitative estimate of drug-likeness (QED) is 0.655. The van der Waals surface area contributed by atoms with Crippen LogP contribution in [0.5, 0.6) is 17.2 Å². The lowest BCUT2D eigenvalue weighted by Crippen LogP contribution is -2.58. The Morgan fingerprint density at radius 3 is 2.32 bits per heavy atom. The molecule has 2 aromatic carbocycles. The van der Waals surface area contributed by atoms with Crippen molar-refractivity contribution >= 4 is 17.3 Å². The minimum Gasteiger partial charge on any atom is -0.495 e. The molecule has 6 nitrogen and oxygen atoms in total. The summed E-state index contributed by atoms with van der Waals surface area (Å²) < 4.78 is 22.3. The van der Waals surface area contributed by atoms with Gasteiger partial charge in [0, 0.05) is 50.6 Å². The van der Waals surface area contributed by atoms with Crippen molar-refractivity contribution in [1.82, 2.24) is 4.90 Å². The molecule has 2 aliphatic heterocycles. The maximum atomic E-state index is 6.23. The molecule has 0 aliphatic carbocycles. The van der Waals surface area contributed by atoms with Crippen molar-refractivity contribution in [3.63, 3.8) is 0 Å². The SMILES string of the molecule is COc1cc(N2CCN3[C@@H](CC(OC)C[C@@H]3c3ccc(OC)c(OC)c3)C2)ccc1Cl. The Kier molecular flexibility index (Phi) is 6.80. The van der Waals surface area contributed by atoms with Crippen molar-refractivity contribution in [2.45, 2.75) is 31.0 Å². The largest absolute Gasteiger partial charge is 0.495 e. The van der Waals surface area contributed by atoms with E-state index in [4.69, 9.17) is 30.5 Å². The number of hydrogen-bond donors (Lipinski definition) is 0. The van der Waals surface area contributed by atoms with Gasteiger partial charge in [0.1, 0.15) is 5.75 Å². The Balaban J connectivity index is 1.58. The molecule has 4 rings (SSSR count). The van der Waals surface area contributed by atoms with Crippen molar-refractivity contribution in [3.8, 4) is 17.2 Å². The molecular formula is C24H31ClN2O4. The van der Waals surface area contributed by atoms with E-state index in [2.05, 4.69) is 28.0 Å². The van der Waals surface area contributed by atoms with E-state index in [9.17, 15) is 0 Å². The molecule has 0 aromatic heterocycles. The molecule has 2 aromatic rings. The van der Waals surface area contributed by atoms with Gasteiger partial charge in [0.25, 0.3) is 0 Å². The number of halogens is 1. The summed E-state index contributed by atoms with van der Waals surface area (Å²) in [5.41, 5.74) is 2.38. The molecule has 0 amide bonds. The van der Waals surface area contributed by atoms with Crippen LogP contribution in [0.3, 0.4) is 0 Å². The lowest BCUT2D eigenvalue weighted by Gasteiger charge is -2.50. The summed E-state index contributed by atoms with van der Waals surface area (Å²) in [4.78, 5) is 5.05. The van der Waals surface area contributed by atoms with Gasteiger partial charge in [0.05, 0.1) is 32.5 Å². The van der Waals surface area contributed by atoms with Gasteiger partial charge in [0.15, 0.2) is 11.5 Å². The van der Waals surface area contributed by atoms with Crippen LogP contribution in [0, 0.1) is 0 Å². The van der Waals surface area contributed by atoms with Gasteiger partial charge in [-0.1, -0.05) is 17.7 Å². The molecule has 0 spiro atoms. The third-order valence-electron chi connectivity index (χ3n) is 6.58. The number of methoxy groups -OCH3 is 4. The molecule has 0 saturated carbocycles. The number of ether oxygens (including phenoxy) is 4. The number of fused-ring (bicyclic) bond motifs is 1. The summed E-state index contributed by atoms with van der Waals surface area (Å²) in [6, 6.07) is 12.9. The highest BCUT2D eigenvalue weighted by atomic mass is 35.5. The second-order valence-electron chi connectivity index (χ2n) is 8.12. The molecule has 2 fully saturated rings. The molecule has 0 N–H and O–H groups in total. The van der Waals surface area contributed by atoms with Crippen LogP contribution >= 0.6 is 11.6 Å². The molecule has 3 atom stereocenters. The highest BCUT2D eigenvalue weighted by Gasteiger charge is 2.40. The van der Waals surface area contributed by atoms with Gasteiger partial charge in [-0.15, -0.1) is 0 Å². The lowest BCUT2D eigenvalue weighted by molar-refractivity contribution is -0.0272. The molecule has 0 radical (unpaired) electrons. The zero-order chi connectivity index (χ0) is 22.0. The number of hydrogen-bond acceptors (Lipinski definition) is 6. The molecule has 168 valence electrons. The highest BCUT2D eigenvalue weighted by Crippen LogP contribution is 2.41. The predicted molar refractivity (Wildman–Crippen MR) is 123 cm³/mol. The fraction of sp³-hybridized carbons (Fsp3) is 0.500. The molecule has 2 heterocycles. The van der Waals surface area contributed by atoms with Crippen LogP contribution in [-0.4, -0.2) is 65.1 Å². The van der Waals surface area contributed by atoms with E-state index in [1.54, 1.807) is 21.3 Å². The minimum absolute atomic E-state index is 0.221. The normalized spacial score (nSPS) is 23.9. The Bertz CT molecular complexity index is 909. The third kappa shape index (κ3) is 4.43. The van der Waals surface area contributed by atoms with Gasteiger partial charge in [-0.2, -0.15) is 0 Å². The standard InChI is InChI=1S/C24H31ClN2O4/c1-28-19-12-18-15-26(17-6-7-20(25)23(13-17)30-3)9-10-27(18)21(14-19)16-5-8-22(29-2)24(11-16)31-4/h5-8,11,13,18-19,21H,9-10,12,14-15H2,1-4H3/t18-,19?,21+/m0/s1. The number of rotatable bonds is 6. The second-order valence-corrected chi connectivity index (χ2v) is 8.52. The molecule has 0 bridgehead atoms. The first-order chi connectivity index (χ1) is 15.1. The number of benzene rings is 2. The second kappa shape index (κ2) is 9.55. The van der Waals surface area contributed by atoms with E-state index in [1.165, 1.54) is 5.56 Å². The summed E-state index contributed by atoms with van der Waals surface area (Å²) >= 11 is 6.23. The van der Waals surface area contributed by atoms with Crippen LogP contribution in [0.4, 0.5) is 5.69 Å². The summed E-state index contributed by atoms with van der Waals surface area (Å²) in [5.74, 6) is 2.23. The van der Waals surface area contributed by atoms with Gasteiger partial charge < -0.3 is 23.8 Å². The Hall–Kier alpha value is -2.15. The van der Waals surface area contributed by atoms with Crippen LogP contribution in [-0.2, 0) is 4.74 Å². The molecule has 31 heavy (non-hydrogen) atoms. The molecular weight excluding hydrogens is 416 g/mol. The Morgan fingerprint density at radius 1 is 0.839 bits per heavy atom. The van der Waals surface area contributed by atoms with E-state index in [-0.39, 0.29) is 12.1 Å². The van der Waals surface area contributed by atoms with Crippen molar-refractivity contribution < 1.29 is 18.9 Å². The molecule has 7 heteroatoms. The predicted octanol–water partition coefficient (Wildman–Crippen LogP) is 4.41. The van der Waals surface area contributed by atoms with Gasteiger partial charge in [-0.25, -0.2) is 0 Å². The van der Waals surface area contributed by atoms with Gasteiger partial charge >= 0.3 is 0 Å². The topological polar surface area (TPSA) is 43.4 Å². The smallest absolute Gasteiger partial charge is 0.161 e. The van der Waals surface area contributed by atoms with Crippen molar-refractivity contribution in [3.05, 3.63) is 47.0 Å².